The summed E-state index contributed by atoms with van der Waals surface area (Å²) in [4.78, 5) is 10.9. The van der Waals surface area contributed by atoms with E-state index in [-0.39, 0.29) is 5.91 Å². The summed E-state index contributed by atoms with van der Waals surface area (Å²) in [5.74, 6) is 0.448. The second-order valence-corrected chi connectivity index (χ2v) is 3.99. The summed E-state index contributed by atoms with van der Waals surface area (Å²) in [5, 5.41) is 11.7. The summed E-state index contributed by atoms with van der Waals surface area (Å²) < 4.78 is 0. The van der Waals surface area contributed by atoms with Gasteiger partial charge in [-0.25, -0.2) is 0 Å². The third-order valence-electron chi connectivity index (χ3n) is 2.15. The van der Waals surface area contributed by atoms with Gasteiger partial charge in [0.05, 0.1) is 0 Å². The van der Waals surface area contributed by atoms with Gasteiger partial charge >= 0.3 is 0 Å². The van der Waals surface area contributed by atoms with Crippen LogP contribution in [-0.4, -0.2) is 22.4 Å². The molecule has 0 aliphatic rings. The zero-order valence-electron chi connectivity index (χ0n) is 9.42. The molecule has 0 aliphatic carbocycles. The van der Waals surface area contributed by atoms with E-state index in [0.29, 0.717) is 5.82 Å². The Kier molecular flexibility index (Phi) is 4.08. The number of thioether (sulfide) groups is 1. The Balaban J connectivity index is 3.16. The van der Waals surface area contributed by atoms with Crippen LogP contribution in [-0.2, 0) is 11.2 Å². The standard InChI is InChI=1S/C10H15N3OS/c1-5-8-6(2)9(11-7(3)14)12-13-10(8)15-4/h5H2,1-4H3,(H,11,12,14). The third-order valence-corrected chi connectivity index (χ3v) is 2.86. The summed E-state index contributed by atoms with van der Waals surface area (Å²) in [7, 11) is 0. The second-order valence-electron chi connectivity index (χ2n) is 3.20. The van der Waals surface area contributed by atoms with E-state index in [0.717, 1.165) is 22.6 Å². The van der Waals surface area contributed by atoms with Gasteiger partial charge in [-0.05, 0) is 30.7 Å². The summed E-state index contributed by atoms with van der Waals surface area (Å²) in [6.45, 7) is 5.50. The summed E-state index contributed by atoms with van der Waals surface area (Å²) in [6.07, 6.45) is 2.87. The first kappa shape index (κ1) is 12.0. The fraction of sp³-hybridized carbons (Fsp3) is 0.500. The lowest BCUT2D eigenvalue weighted by Gasteiger charge is -2.11. The zero-order chi connectivity index (χ0) is 11.4. The second kappa shape index (κ2) is 5.11. The Labute approximate surface area is 93.9 Å². The molecule has 0 spiro atoms. The van der Waals surface area contributed by atoms with Crippen molar-refractivity contribution in [3.63, 3.8) is 0 Å². The summed E-state index contributed by atoms with van der Waals surface area (Å²) in [6, 6.07) is 0. The van der Waals surface area contributed by atoms with Gasteiger partial charge < -0.3 is 5.32 Å². The molecule has 1 rings (SSSR count). The van der Waals surface area contributed by atoms with Crippen molar-refractivity contribution in [1.82, 2.24) is 10.2 Å². The van der Waals surface area contributed by atoms with Gasteiger partial charge in [0.25, 0.3) is 0 Å². The smallest absolute Gasteiger partial charge is 0.222 e. The number of nitrogens with one attached hydrogen (secondary N) is 1. The molecule has 0 radical (unpaired) electrons. The van der Waals surface area contributed by atoms with Crippen molar-refractivity contribution >= 4 is 23.5 Å². The van der Waals surface area contributed by atoms with Gasteiger partial charge in [0, 0.05) is 6.92 Å². The first-order valence-electron chi connectivity index (χ1n) is 4.77. The highest BCUT2D eigenvalue weighted by Gasteiger charge is 2.11. The van der Waals surface area contributed by atoms with Gasteiger partial charge in [-0.2, -0.15) is 0 Å². The van der Waals surface area contributed by atoms with Crippen molar-refractivity contribution in [3.05, 3.63) is 11.1 Å². The first-order chi connectivity index (χ1) is 7.10. The van der Waals surface area contributed by atoms with Crippen molar-refractivity contribution in [2.75, 3.05) is 11.6 Å². The van der Waals surface area contributed by atoms with E-state index < -0.39 is 0 Å². The van der Waals surface area contributed by atoms with Gasteiger partial charge in [0.2, 0.25) is 5.91 Å². The maximum absolute atomic E-state index is 10.9. The maximum Gasteiger partial charge on any atom is 0.222 e. The SMILES string of the molecule is CCc1c(SC)nnc(NC(C)=O)c1C. The highest BCUT2D eigenvalue weighted by molar-refractivity contribution is 7.98. The van der Waals surface area contributed by atoms with Gasteiger partial charge in [-0.3, -0.25) is 4.79 Å². The number of hydrogen-bond acceptors (Lipinski definition) is 4. The zero-order valence-corrected chi connectivity index (χ0v) is 10.2. The average molecular weight is 225 g/mol. The van der Waals surface area contributed by atoms with E-state index in [1.54, 1.807) is 11.8 Å². The topological polar surface area (TPSA) is 54.9 Å². The molecule has 1 amide bonds. The van der Waals surface area contributed by atoms with E-state index in [9.17, 15) is 4.79 Å². The Morgan fingerprint density at radius 3 is 2.60 bits per heavy atom. The van der Waals surface area contributed by atoms with Gasteiger partial charge in [-0.15, -0.1) is 22.0 Å². The van der Waals surface area contributed by atoms with E-state index >= 15 is 0 Å². The van der Waals surface area contributed by atoms with E-state index in [1.165, 1.54) is 6.92 Å². The van der Waals surface area contributed by atoms with E-state index in [4.69, 9.17) is 0 Å². The van der Waals surface area contributed by atoms with Crippen LogP contribution >= 0.6 is 11.8 Å². The van der Waals surface area contributed by atoms with Crippen molar-refractivity contribution < 1.29 is 4.79 Å². The molecule has 1 aromatic rings. The van der Waals surface area contributed by atoms with Crippen LogP contribution in [0.2, 0.25) is 0 Å². The molecule has 1 heterocycles. The summed E-state index contributed by atoms with van der Waals surface area (Å²) >= 11 is 1.58. The first-order valence-corrected chi connectivity index (χ1v) is 6.00. The minimum Gasteiger partial charge on any atom is -0.309 e. The van der Waals surface area contributed by atoms with E-state index in [2.05, 4.69) is 22.4 Å². The molecule has 0 unspecified atom stereocenters. The van der Waals surface area contributed by atoms with Crippen LogP contribution in [0.15, 0.2) is 5.03 Å². The highest BCUT2D eigenvalue weighted by Crippen LogP contribution is 2.24. The van der Waals surface area contributed by atoms with Crippen LogP contribution in [0.4, 0.5) is 5.82 Å². The molecule has 5 heteroatoms. The Morgan fingerprint density at radius 2 is 2.13 bits per heavy atom. The number of rotatable bonds is 3. The molecule has 82 valence electrons. The fourth-order valence-electron chi connectivity index (χ4n) is 1.40. The number of amides is 1. The van der Waals surface area contributed by atoms with Crippen LogP contribution in [0.5, 0.6) is 0 Å². The Bertz CT molecular complexity index is 379. The number of hydrogen-bond donors (Lipinski definition) is 1. The number of carbonyl (C=O) groups is 1. The molecule has 1 aromatic heterocycles. The largest absolute Gasteiger partial charge is 0.309 e. The molecule has 0 fully saturated rings. The quantitative estimate of drug-likeness (QED) is 0.800. The number of aromatic nitrogens is 2. The van der Waals surface area contributed by atoms with Gasteiger partial charge in [0.1, 0.15) is 5.03 Å². The molecule has 0 bridgehead atoms. The third kappa shape index (κ3) is 2.68. The lowest BCUT2D eigenvalue weighted by atomic mass is 10.1. The van der Waals surface area contributed by atoms with Crippen molar-refractivity contribution in [3.8, 4) is 0 Å². The van der Waals surface area contributed by atoms with Crippen LogP contribution < -0.4 is 5.32 Å². The lowest BCUT2D eigenvalue weighted by molar-refractivity contribution is -0.114. The summed E-state index contributed by atoms with van der Waals surface area (Å²) in [5.41, 5.74) is 2.16. The molecule has 0 aliphatic heterocycles. The number of nitrogens with zero attached hydrogens (tertiary/aromatic N) is 2. The minimum absolute atomic E-state index is 0.119. The lowest BCUT2D eigenvalue weighted by Crippen LogP contribution is -2.11. The number of anilines is 1. The molecule has 1 N–H and O–H groups in total. The maximum atomic E-state index is 10.9. The van der Waals surface area contributed by atoms with Crippen LogP contribution in [0.25, 0.3) is 0 Å². The molecule has 4 nitrogen and oxygen atoms in total. The van der Waals surface area contributed by atoms with Crippen molar-refractivity contribution in [1.29, 1.82) is 0 Å². The van der Waals surface area contributed by atoms with Crippen molar-refractivity contribution in [2.24, 2.45) is 0 Å². The van der Waals surface area contributed by atoms with Crippen LogP contribution in [0.3, 0.4) is 0 Å². The van der Waals surface area contributed by atoms with Crippen molar-refractivity contribution in [2.45, 2.75) is 32.2 Å². The minimum atomic E-state index is -0.119. The number of carbonyl (C=O) groups excluding carboxylic acids is 1. The molecule has 15 heavy (non-hydrogen) atoms. The van der Waals surface area contributed by atoms with Gasteiger partial charge in [0.15, 0.2) is 5.82 Å². The van der Waals surface area contributed by atoms with E-state index in [1.807, 2.05) is 13.2 Å². The predicted octanol–water partition coefficient (Wildman–Crippen LogP) is 2.03. The molecule has 0 aromatic carbocycles. The molecule has 0 atom stereocenters. The molecular formula is C10H15N3OS. The van der Waals surface area contributed by atoms with Gasteiger partial charge in [-0.1, -0.05) is 6.92 Å². The Morgan fingerprint density at radius 1 is 1.47 bits per heavy atom. The Hall–Kier alpha value is -1.10. The normalized spacial score (nSPS) is 10.1. The molecular weight excluding hydrogens is 210 g/mol. The predicted molar refractivity (Wildman–Crippen MR) is 62.2 cm³/mol. The van der Waals surface area contributed by atoms with Crippen LogP contribution in [0.1, 0.15) is 25.0 Å². The highest BCUT2D eigenvalue weighted by atomic mass is 32.2. The molecule has 0 saturated heterocycles. The fourth-order valence-corrected chi connectivity index (χ4v) is 2.07. The average Bonchev–Trinajstić information content (AvgIpc) is 2.20. The van der Waals surface area contributed by atoms with Crippen LogP contribution in [0, 0.1) is 6.92 Å². The monoisotopic (exact) mass is 225 g/mol. The molecule has 0 saturated carbocycles.